The third-order valence-electron chi connectivity index (χ3n) is 12.8. The quantitative estimate of drug-likeness (QED) is 0.166. The molecule has 5 aromatic rings. The fraction of sp³-hybridized carbons (Fsp3) is 0.311. The molecule has 9 rings (SSSR count). The van der Waals surface area contributed by atoms with Gasteiger partial charge in [0.15, 0.2) is 5.60 Å². The van der Waals surface area contributed by atoms with Gasteiger partial charge in [0.05, 0.1) is 57.3 Å². The largest absolute Gasteiger partial charge is 0.497 e. The van der Waals surface area contributed by atoms with Crippen molar-refractivity contribution >= 4 is 64.5 Å². The Kier molecular flexibility index (Phi) is 8.49. The number of aliphatic hydroxyl groups is 1. The summed E-state index contributed by atoms with van der Waals surface area (Å²) in [6, 6.07) is 35.1. The second-order valence-electron chi connectivity index (χ2n) is 15.9. The molecule has 10 heteroatoms. The molecule has 4 aliphatic rings. The Morgan fingerprint density at radius 1 is 0.891 bits per heavy atom. The standard InChI is InChI=1S/C45H45N3O6Si/c1-28-42(55(3,4)34-21-19-33(53-2)20-22-34)39(26-40(50)46-24-10-15-32(46)27-49)54-45(28)36-25-31(18-23-37(36)48(44(45)52)30-13-6-5-7-14-30)47-38-17-9-12-29-11-8-16-35(41(29)38)43(47)51/h5-9,11-14,16-23,25,28,32,39,42,49H,10,15,24,26-27H2,1-4H3/t28-,32+,39+,42-,45+/m1/s1. The fourth-order valence-corrected chi connectivity index (χ4v) is 14.2. The number of carbonyl (C=O) groups is 3. The number of nitrogens with zero attached hydrogens (tertiary/aromatic N) is 3. The van der Waals surface area contributed by atoms with Gasteiger partial charge in [0.2, 0.25) is 5.91 Å². The normalized spacial score (nSPS) is 24.4. The molecule has 55 heavy (non-hydrogen) atoms. The van der Waals surface area contributed by atoms with Crippen molar-refractivity contribution in [1.29, 1.82) is 0 Å². The Hall–Kier alpha value is -5.29. The Labute approximate surface area is 322 Å². The van der Waals surface area contributed by atoms with Crippen LogP contribution in [0, 0.1) is 5.92 Å². The van der Waals surface area contributed by atoms with E-state index < -0.39 is 19.8 Å². The first-order valence-corrected chi connectivity index (χ1v) is 22.3. The number of anilines is 4. The molecule has 4 heterocycles. The predicted molar refractivity (Wildman–Crippen MR) is 216 cm³/mol. The zero-order valence-corrected chi connectivity index (χ0v) is 32.6. The van der Waals surface area contributed by atoms with Crippen molar-refractivity contribution in [1.82, 2.24) is 4.90 Å². The Bertz CT molecular complexity index is 2340. The first-order chi connectivity index (χ1) is 26.6. The summed E-state index contributed by atoms with van der Waals surface area (Å²) in [5.41, 5.74) is 2.59. The van der Waals surface area contributed by atoms with Gasteiger partial charge in [0, 0.05) is 34.8 Å². The summed E-state index contributed by atoms with van der Waals surface area (Å²) in [7, 11) is -0.896. The number of ether oxygens (including phenoxy) is 2. The number of carbonyl (C=O) groups excluding carboxylic acids is 3. The van der Waals surface area contributed by atoms with Gasteiger partial charge in [-0.3, -0.25) is 24.2 Å². The molecule has 3 amide bonds. The first-order valence-electron chi connectivity index (χ1n) is 19.2. The predicted octanol–water partition coefficient (Wildman–Crippen LogP) is 7.41. The molecule has 0 unspecified atom stereocenters. The van der Waals surface area contributed by atoms with E-state index in [-0.39, 0.29) is 48.3 Å². The van der Waals surface area contributed by atoms with Crippen LogP contribution in [0.25, 0.3) is 10.8 Å². The molecular weight excluding hydrogens is 707 g/mol. The minimum Gasteiger partial charge on any atom is -0.497 e. The number of hydrogen-bond acceptors (Lipinski definition) is 6. The average Bonchev–Trinajstić information content (AvgIpc) is 3.94. The van der Waals surface area contributed by atoms with E-state index >= 15 is 4.79 Å². The molecule has 5 aromatic carbocycles. The Balaban J connectivity index is 1.21. The van der Waals surface area contributed by atoms with E-state index in [1.807, 2.05) is 97.1 Å². The Morgan fingerprint density at radius 3 is 2.36 bits per heavy atom. The number of likely N-dealkylation sites (tertiary alicyclic amines) is 1. The highest BCUT2D eigenvalue weighted by Gasteiger charge is 2.67. The molecule has 5 atom stereocenters. The van der Waals surface area contributed by atoms with Crippen molar-refractivity contribution in [3.8, 4) is 5.75 Å². The zero-order chi connectivity index (χ0) is 38.2. The summed E-state index contributed by atoms with van der Waals surface area (Å²) >= 11 is 0. The number of para-hydroxylation sites is 1. The summed E-state index contributed by atoms with van der Waals surface area (Å²) < 4.78 is 12.9. The lowest BCUT2D eigenvalue weighted by atomic mass is 9.82. The lowest BCUT2D eigenvalue weighted by molar-refractivity contribution is -0.149. The molecular formula is C45H45N3O6Si. The van der Waals surface area contributed by atoms with Crippen LogP contribution in [0.5, 0.6) is 5.75 Å². The average molecular weight is 752 g/mol. The van der Waals surface area contributed by atoms with Crippen molar-refractivity contribution in [2.24, 2.45) is 5.92 Å². The third-order valence-corrected chi connectivity index (χ3v) is 17.2. The molecule has 2 fully saturated rings. The van der Waals surface area contributed by atoms with Crippen molar-refractivity contribution in [2.45, 2.75) is 62.6 Å². The molecule has 0 aliphatic carbocycles. The maximum Gasteiger partial charge on any atom is 0.268 e. The van der Waals surface area contributed by atoms with E-state index in [1.54, 1.807) is 21.8 Å². The number of benzene rings is 5. The van der Waals surface area contributed by atoms with E-state index in [2.05, 4.69) is 32.2 Å². The maximum absolute atomic E-state index is 15.5. The van der Waals surface area contributed by atoms with E-state index in [9.17, 15) is 14.7 Å². The molecule has 1 N–H and O–H groups in total. The van der Waals surface area contributed by atoms with Crippen LogP contribution in [-0.2, 0) is 19.9 Å². The molecule has 280 valence electrons. The van der Waals surface area contributed by atoms with Crippen LogP contribution < -0.4 is 19.7 Å². The van der Waals surface area contributed by atoms with E-state index in [0.29, 0.717) is 34.7 Å². The maximum atomic E-state index is 15.5. The first kappa shape index (κ1) is 35.4. The van der Waals surface area contributed by atoms with Gasteiger partial charge >= 0.3 is 0 Å². The molecule has 4 aliphatic heterocycles. The second kappa shape index (κ2) is 13.2. The highest BCUT2D eigenvalue weighted by Crippen LogP contribution is 2.62. The van der Waals surface area contributed by atoms with Crippen molar-refractivity contribution in [3.63, 3.8) is 0 Å². The molecule has 0 aromatic heterocycles. The van der Waals surface area contributed by atoms with Gasteiger partial charge in [0.25, 0.3) is 11.8 Å². The van der Waals surface area contributed by atoms with Gasteiger partial charge in [-0.05, 0) is 78.4 Å². The van der Waals surface area contributed by atoms with Crippen LogP contribution in [0.15, 0.2) is 109 Å². The van der Waals surface area contributed by atoms with Crippen LogP contribution >= 0.6 is 0 Å². The van der Waals surface area contributed by atoms with E-state index in [0.717, 1.165) is 35.1 Å². The number of aliphatic hydroxyl groups excluding tert-OH is 1. The number of hydrogen-bond donors (Lipinski definition) is 1. The van der Waals surface area contributed by atoms with Crippen LogP contribution in [0.2, 0.25) is 18.6 Å². The van der Waals surface area contributed by atoms with Crippen molar-refractivity contribution in [3.05, 3.63) is 120 Å². The van der Waals surface area contributed by atoms with Gasteiger partial charge in [-0.2, -0.15) is 0 Å². The SMILES string of the molecule is COc1ccc([Si](C)(C)[C@H]2[C@H](CC(=O)N3CCC[C@H]3CO)O[C@@]3(C(=O)N(c4ccccc4)c4ccc(N5C(=O)c6cccc7cccc5c67)cc43)[C@@H]2C)cc1. The van der Waals surface area contributed by atoms with Gasteiger partial charge in [-0.15, -0.1) is 0 Å². The van der Waals surface area contributed by atoms with Crippen LogP contribution in [-0.4, -0.2) is 68.2 Å². The third kappa shape index (κ3) is 5.22. The smallest absolute Gasteiger partial charge is 0.268 e. The van der Waals surface area contributed by atoms with Gasteiger partial charge in [-0.1, -0.05) is 79.8 Å². The zero-order valence-electron chi connectivity index (χ0n) is 31.6. The monoisotopic (exact) mass is 751 g/mol. The van der Waals surface area contributed by atoms with Crippen LogP contribution in [0.1, 0.15) is 42.1 Å². The summed E-state index contributed by atoms with van der Waals surface area (Å²) in [5, 5.41) is 13.2. The lowest BCUT2D eigenvalue weighted by Gasteiger charge is -2.37. The van der Waals surface area contributed by atoms with Crippen LogP contribution in [0.4, 0.5) is 22.7 Å². The van der Waals surface area contributed by atoms with Gasteiger partial charge in [0.1, 0.15) is 5.75 Å². The Morgan fingerprint density at radius 2 is 1.64 bits per heavy atom. The number of methoxy groups -OCH3 is 1. The molecule has 0 radical (unpaired) electrons. The number of rotatable bonds is 8. The topological polar surface area (TPSA) is 99.6 Å². The lowest BCUT2D eigenvalue weighted by Crippen LogP contribution is -2.52. The van der Waals surface area contributed by atoms with Crippen molar-refractivity contribution < 1.29 is 29.0 Å². The summed E-state index contributed by atoms with van der Waals surface area (Å²) in [6.45, 7) is 7.22. The summed E-state index contributed by atoms with van der Waals surface area (Å²) in [4.78, 5) is 49.2. The second-order valence-corrected chi connectivity index (χ2v) is 20.6. The summed E-state index contributed by atoms with van der Waals surface area (Å²) in [6.07, 6.45) is 1.10. The highest BCUT2D eigenvalue weighted by atomic mass is 28.3. The fourth-order valence-electron chi connectivity index (χ4n) is 10.2. The molecule has 9 nitrogen and oxygen atoms in total. The van der Waals surface area contributed by atoms with E-state index in [4.69, 9.17) is 9.47 Å². The molecule has 2 saturated heterocycles. The van der Waals surface area contributed by atoms with Gasteiger partial charge < -0.3 is 19.5 Å². The summed E-state index contributed by atoms with van der Waals surface area (Å²) in [5.74, 6) is 0.0145. The molecule has 0 bridgehead atoms. The van der Waals surface area contributed by atoms with Gasteiger partial charge in [-0.25, -0.2) is 0 Å². The number of amides is 3. The highest BCUT2D eigenvalue weighted by molar-refractivity contribution is 6.91. The number of fused-ring (bicyclic) bond motifs is 2. The van der Waals surface area contributed by atoms with Crippen LogP contribution in [0.3, 0.4) is 0 Å². The minimum atomic E-state index is -2.55. The molecule has 1 spiro atoms. The van der Waals surface area contributed by atoms with E-state index in [1.165, 1.54) is 5.19 Å². The van der Waals surface area contributed by atoms with Crippen molar-refractivity contribution in [2.75, 3.05) is 30.1 Å². The minimum absolute atomic E-state index is 0.0665. The molecule has 0 saturated carbocycles.